The van der Waals surface area contributed by atoms with Crippen molar-refractivity contribution in [2.75, 3.05) is 13.2 Å². The minimum absolute atomic E-state index is 0.407. The Labute approximate surface area is 141 Å². The molecule has 2 aromatic rings. The van der Waals surface area contributed by atoms with Crippen LogP contribution in [0, 0.1) is 0 Å². The molecule has 1 aromatic heterocycles. The number of ether oxygens (including phenoxy) is 2. The maximum Gasteiger partial charge on any atom is 0.250 e. The Hall–Kier alpha value is -1.86. The summed E-state index contributed by atoms with van der Waals surface area (Å²) in [7, 11) is 0. The van der Waals surface area contributed by atoms with E-state index < -0.39 is 5.54 Å². The highest BCUT2D eigenvalue weighted by Crippen LogP contribution is 2.39. The molecule has 1 saturated carbocycles. The summed E-state index contributed by atoms with van der Waals surface area (Å²) in [6.07, 6.45) is 6.59. The summed E-state index contributed by atoms with van der Waals surface area (Å²) in [6.45, 7) is 1.12. The van der Waals surface area contributed by atoms with Gasteiger partial charge in [0.25, 0.3) is 5.89 Å². The zero-order valence-electron chi connectivity index (χ0n) is 12.4. The normalized spacial score (nSPS) is 18.9. The maximum absolute atomic E-state index is 6.20. The molecule has 7 heteroatoms. The molecule has 0 atom stereocenters. The van der Waals surface area contributed by atoms with Gasteiger partial charge in [0, 0.05) is 6.08 Å². The third kappa shape index (κ3) is 2.74. The van der Waals surface area contributed by atoms with Crippen molar-refractivity contribution < 1.29 is 14.0 Å². The molecule has 2 aliphatic rings. The lowest BCUT2D eigenvalue weighted by atomic mass is 9.77. The smallest absolute Gasteiger partial charge is 0.250 e. The molecule has 1 aromatic carbocycles. The number of halogens is 1. The number of fused-ring (bicyclic) bond motifs is 1. The minimum atomic E-state index is -0.407. The monoisotopic (exact) mass is 377 g/mol. The summed E-state index contributed by atoms with van der Waals surface area (Å²) < 4.78 is 17.3. The molecule has 6 nitrogen and oxygen atoms in total. The standard InChI is InChI=1S/C16H16BrN3O3/c17-11-8-10(9-12-14(11)22-7-6-21-12)2-3-13-19-15(20-23-13)16(18)4-1-5-16/h2-3,8-9H,1,4-7,18H2/b3-2+. The van der Waals surface area contributed by atoms with Gasteiger partial charge < -0.3 is 19.7 Å². The van der Waals surface area contributed by atoms with Crippen molar-refractivity contribution in [3.05, 3.63) is 33.9 Å². The molecule has 0 amide bonds. The Morgan fingerprint density at radius 1 is 1.17 bits per heavy atom. The minimum Gasteiger partial charge on any atom is -0.486 e. The van der Waals surface area contributed by atoms with Crippen LogP contribution in [0.1, 0.15) is 36.5 Å². The lowest BCUT2D eigenvalue weighted by molar-refractivity contribution is 0.170. The van der Waals surface area contributed by atoms with Gasteiger partial charge in [-0.25, -0.2) is 0 Å². The van der Waals surface area contributed by atoms with Gasteiger partial charge in [0.05, 0.1) is 10.0 Å². The Morgan fingerprint density at radius 2 is 2.00 bits per heavy atom. The first-order valence-electron chi connectivity index (χ1n) is 7.54. The van der Waals surface area contributed by atoms with Gasteiger partial charge in [0.15, 0.2) is 17.3 Å². The van der Waals surface area contributed by atoms with E-state index in [4.69, 9.17) is 19.7 Å². The van der Waals surface area contributed by atoms with E-state index in [1.807, 2.05) is 18.2 Å². The topological polar surface area (TPSA) is 83.4 Å². The Morgan fingerprint density at radius 3 is 2.78 bits per heavy atom. The average Bonchev–Trinajstić information content (AvgIpc) is 3.00. The van der Waals surface area contributed by atoms with Crippen molar-refractivity contribution in [1.82, 2.24) is 10.1 Å². The fourth-order valence-corrected chi connectivity index (χ4v) is 3.26. The molecule has 2 N–H and O–H groups in total. The van der Waals surface area contributed by atoms with Gasteiger partial charge in [-0.15, -0.1) is 0 Å². The molecule has 0 unspecified atom stereocenters. The van der Waals surface area contributed by atoms with E-state index in [0.717, 1.165) is 40.8 Å². The Balaban J connectivity index is 1.56. The predicted molar refractivity (Wildman–Crippen MR) is 88.1 cm³/mol. The number of hydrogen-bond donors (Lipinski definition) is 1. The Bertz CT molecular complexity index is 768. The van der Waals surface area contributed by atoms with Crippen molar-refractivity contribution in [1.29, 1.82) is 0 Å². The lowest BCUT2D eigenvalue weighted by Crippen LogP contribution is -2.44. The van der Waals surface area contributed by atoms with Crippen molar-refractivity contribution >= 4 is 28.1 Å². The molecule has 1 fully saturated rings. The summed E-state index contributed by atoms with van der Waals surface area (Å²) in [5.41, 5.74) is 6.74. The summed E-state index contributed by atoms with van der Waals surface area (Å²) >= 11 is 3.50. The van der Waals surface area contributed by atoms with Crippen LogP contribution in [0.3, 0.4) is 0 Å². The summed E-state index contributed by atoms with van der Waals surface area (Å²) in [6, 6.07) is 3.88. The predicted octanol–water partition coefficient (Wildman–Crippen LogP) is 3.11. The van der Waals surface area contributed by atoms with Crippen LogP contribution >= 0.6 is 15.9 Å². The molecule has 0 spiro atoms. The zero-order valence-corrected chi connectivity index (χ0v) is 14.0. The molecule has 0 bridgehead atoms. The number of hydrogen-bond acceptors (Lipinski definition) is 6. The van der Waals surface area contributed by atoms with E-state index >= 15 is 0 Å². The van der Waals surface area contributed by atoms with E-state index in [0.29, 0.717) is 24.9 Å². The van der Waals surface area contributed by atoms with Crippen LogP contribution in [0.4, 0.5) is 0 Å². The van der Waals surface area contributed by atoms with Crippen LogP contribution in [0.2, 0.25) is 0 Å². The first kappa shape index (κ1) is 14.7. The van der Waals surface area contributed by atoms with Crippen molar-refractivity contribution in [3.63, 3.8) is 0 Å². The van der Waals surface area contributed by atoms with Crippen LogP contribution in [-0.4, -0.2) is 23.4 Å². The summed E-state index contributed by atoms with van der Waals surface area (Å²) in [5.74, 6) is 2.50. The average molecular weight is 378 g/mol. The fourth-order valence-electron chi connectivity index (χ4n) is 2.68. The van der Waals surface area contributed by atoms with Crippen LogP contribution in [0.25, 0.3) is 12.2 Å². The molecule has 1 aliphatic heterocycles. The highest BCUT2D eigenvalue weighted by atomic mass is 79.9. The summed E-state index contributed by atoms with van der Waals surface area (Å²) in [4.78, 5) is 4.37. The van der Waals surface area contributed by atoms with E-state index in [1.165, 1.54) is 0 Å². The number of nitrogens with zero attached hydrogens (tertiary/aromatic N) is 2. The fraction of sp³-hybridized carbons (Fsp3) is 0.375. The SMILES string of the molecule is NC1(c2noc(/C=C/c3cc(Br)c4c(c3)OCCO4)n2)CCC1. The van der Waals surface area contributed by atoms with Gasteiger partial charge in [-0.1, -0.05) is 5.16 Å². The van der Waals surface area contributed by atoms with Crippen LogP contribution in [0.15, 0.2) is 21.1 Å². The number of rotatable bonds is 3. The van der Waals surface area contributed by atoms with Gasteiger partial charge in [0.1, 0.15) is 13.2 Å². The van der Waals surface area contributed by atoms with Gasteiger partial charge in [-0.05, 0) is 59.0 Å². The molecule has 2 heterocycles. The van der Waals surface area contributed by atoms with Crippen molar-refractivity contribution in [2.24, 2.45) is 5.73 Å². The van der Waals surface area contributed by atoms with Gasteiger partial charge >= 0.3 is 0 Å². The molecule has 23 heavy (non-hydrogen) atoms. The van der Waals surface area contributed by atoms with Crippen LogP contribution in [0.5, 0.6) is 11.5 Å². The van der Waals surface area contributed by atoms with Crippen molar-refractivity contribution in [3.8, 4) is 11.5 Å². The number of nitrogens with two attached hydrogens (primary N) is 1. The third-order valence-corrected chi connectivity index (χ3v) is 4.76. The lowest BCUT2D eigenvalue weighted by Gasteiger charge is -2.34. The van der Waals surface area contributed by atoms with E-state index in [9.17, 15) is 0 Å². The van der Waals surface area contributed by atoms with Gasteiger partial charge in [-0.3, -0.25) is 0 Å². The van der Waals surface area contributed by atoms with E-state index in [2.05, 4.69) is 26.1 Å². The first-order chi connectivity index (χ1) is 11.1. The molecule has 0 radical (unpaired) electrons. The van der Waals surface area contributed by atoms with E-state index in [-0.39, 0.29) is 0 Å². The van der Waals surface area contributed by atoms with Crippen LogP contribution < -0.4 is 15.2 Å². The number of aromatic nitrogens is 2. The molecular formula is C16H16BrN3O3. The Kier molecular flexibility index (Phi) is 3.61. The van der Waals surface area contributed by atoms with Gasteiger partial charge in [0.2, 0.25) is 0 Å². The van der Waals surface area contributed by atoms with E-state index in [1.54, 1.807) is 6.08 Å². The largest absolute Gasteiger partial charge is 0.486 e. The van der Waals surface area contributed by atoms with Crippen molar-refractivity contribution in [2.45, 2.75) is 24.8 Å². The molecular weight excluding hydrogens is 362 g/mol. The quantitative estimate of drug-likeness (QED) is 0.884. The third-order valence-electron chi connectivity index (χ3n) is 4.17. The molecule has 4 rings (SSSR count). The zero-order chi connectivity index (χ0) is 15.9. The summed E-state index contributed by atoms with van der Waals surface area (Å²) in [5, 5.41) is 3.99. The molecule has 120 valence electrons. The maximum atomic E-state index is 6.20. The first-order valence-corrected chi connectivity index (χ1v) is 8.34. The second-order valence-electron chi connectivity index (χ2n) is 5.83. The highest BCUT2D eigenvalue weighted by Gasteiger charge is 2.38. The molecule has 0 saturated heterocycles. The molecule has 1 aliphatic carbocycles. The van der Waals surface area contributed by atoms with Gasteiger partial charge in [-0.2, -0.15) is 4.98 Å². The second-order valence-corrected chi connectivity index (χ2v) is 6.68. The highest BCUT2D eigenvalue weighted by molar-refractivity contribution is 9.10. The number of benzene rings is 1. The second kappa shape index (κ2) is 5.65. The van der Waals surface area contributed by atoms with Crippen LogP contribution in [-0.2, 0) is 5.54 Å².